The van der Waals surface area contributed by atoms with Crippen LogP contribution in [0, 0.1) is 5.21 Å². The van der Waals surface area contributed by atoms with Crippen LogP contribution in [0.5, 0.6) is 0 Å². The van der Waals surface area contributed by atoms with E-state index >= 15 is 0 Å². The minimum atomic E-state index is 0.0399. The Morgan fingerprint density at radius 1 is 1.20 bits per heavy atom. The summed E-state index contributed by atoms with van der Waals surface area (Å²) in [4.78, 5) is 0. The molecule has 1 aliphatic rings. The predicted molar refractivity (Wildman–Crippen MR) is 41.7 cm³/mol. The van der Waals surface area contributed by atoms with Crippen molar-refractivity contribution in [3.05, 3.63) is 5.21 Å². The van der Waals surface area contributed by atoms with E-state index in [9.17, 15) is 5.21 Å². The van der Waals surface area contributed by atoms with Gasteiger partial charge in [-0.25, -0.2) is 0 Å². The molecule has 0 aliphatic heterocycles. The monoisotopic (exact) mass is 143 g/mol. The molecule has 1 aliphatic carbocycles. The van der Waals surface area contributed by atoms with Crippen LogP contribution in [0.25, 0.3) is 0 Å². The standard InChI is InChI=1S/C8H17NO/c1-8(9(2)10)6-4-3-5-7-8/h9H,3-7H2,1-2H3. The van der Waals surface area contributed by atoms with Crippen LogP contribution in [0.1, 0.15) is 39.0 Å². The molecule has 0 aromatic carbocycles. The zero-order valence-electron chi connectivity index (χ0n) is 6.94. The van der Waals surface area contributed by atoms with E-state index in [0.29, 0.717) is 5.06 Å². The van der Waals surface area contributed by atoms with Gasteiger partial charge in [0.1, 0.15) is 0 Å². The topological polar surface area (TPSA) is 27.5 Å². The van der Waals surface area contributed by atoms with Crippen LogP contribution in [-0.4, -0.2) is 12.6 Å². The van der Waals surface area contributed by atoms with Gasteiger partial charge < -0.3 is 10.3 Å². The SMILES string of the molecule is C[NH+]([O-])C1(C)CCCCC1. The third-order valence-corrected chi connectivity index (χ3v) is 2.81. The fourth-order valence-electron chi connectivity index (χ4n) is 1.68. The zero-order valence-corrected chi connectivity index (χ0v) is 6.94. The van der Waals surface area contributed by atoms with Crippen LogP contribution in [0.3, 0.4) is 0 Å². The van der Waals surface area contributed by atoms with Crippen molar-refractivity contribution in [1.29, 1.82) is 0 Å². The summed E-state index contributed by atoms with van der Waals surface area (Å²) in [5, 5.41) is 11.5. The Bertz CT molecular complexity index is 106. The van der Waals surface area contributed by atoms with Crippen molar-refractivity contribution in [3.63, 3.8) is 0 Å². The van der Waals surface area contributed by atoms with Gasteiger partial charge in [0, 0.05) is 12.8 Å². The summed E-state index contributed by atoms with van der Waals surface area (Å²) in [6.45, 7) is 2.11. The van der Waals surface area contributed by atoms with Crippen molar-refractivity contribution in [2.45, 2.75) is 44.6 Å². The zero-order chi connectivity index (χ0) is 7.61. The number of hydrogen-bond donors (Lipinski definition) is 1. The molecule has 2 heteroatoms. The molecule has 1 unspecified atom stereocenters. The number of hydroxylamine groups is 2. The van der Waals surface area contributed by atoms with Gasteiger partial charge in [0.25, 0.3) is 0 Å². The van der Waals surface area contributed by atoms with Crippen molar-refractivity contribution < 1.29 is 5.06 Å². The molecule has 0 saturated heterocycles. The third-order valence-electron chi connectivity index (χ3n) is 2.81. The first-order valence-corrected chi connectivity index (χ1v) is 4.16. The molecule has 0 aromatic rings. The van der Waals surface area contributed by atoms with Gasteiger partial charge in [0.15, 0.2) is 0 Å². The highest BCUT2D eigenvalue weighted by atomic mass is 16.5. The lowest BCUT2D eigenvalue weighted by atomic mass is 9.83. The predicted octanol–water partition coefficient (Wildman–Crippen LogP) is 0.722. The van der Waals surface area contributed by atoms with Crippen molar-refractivity contribution in [2.75, 3.05) is 7.05 Å². The van der Waals surface area contributed by atoms with Gasteiger partial charge >= 0.3 is 0 Å². The number of rotatable bonds is 1. The van der Waals surface area contributed by atoms with Crippen LogP contribution in [0.4, 0.5) is 0 Å². The van der Waals surface area contributed by atoms with Crippen LogP contribution < -0.4 is 5.06 Å². The van der Waals surface area contributed by atoms with Gasteiger partial charge in [-0.15, -0.1) is 0 Å². The van der Waals surface area contributed by atoms with E-state index in [0.717, 1.165) is 12.8 Å². The van der Waals surface area contributed by atoms with E-state index in [1.807, 2.05) is 0 Å². The van der Waals surface area contributed by atoms with Gasteiger partial charge in [-0.05, 0) is 19.8 Å². The molecule has 1 saturated carbocycles. The Kier molecular flexibility index (Phi) is 2.32. The molecule has 1 N–H and O–H groups in total. The highest BCUT2D eigenvalue weighted by Crippen LogP contribution is 2.24. The molecule has 0 aromatic heterocycles. The second-order valence-electron chi connectivity index (χ2n) is 3.68. The van der Waals surface area contributed by atoms with Crippen LogP contribution in [-0.2, 0) is 0 Å². The van der Waals surface area contributed by atoms with Crippen molar-refractivity contribution in [3.8, 4) is 0 Å². The summed E-state index contributed by atoms with van der Waals surface area (Å²) in [5.74, 6) is 0. The second-order valence-corrected chi connectivity index (χ2v) is 3.68. The number of nitrogens with one attached hydrogen (secondary N) is 1. The summed E-state index contributed by atoms with van der Waals surface area (Å²) in [6, 6.07) is 0. The smallest absolute Gasteiger partial charge is 0.0943 e. The normalized spacial score (nSPS) is 27.9. The van der Waals surface area contributed by atoms with E-state index in [2.05, 4.69) is 6.92 Å². The highest BCUT2D eigenvalue weighted by molar-refractivity contribution is 4.77. The lowest BCUT2D eigenvalue weighted by molar-refractivity contribution is -0.885. The molecule has 1 atom stereocenters. The Labute approximate surface area is 62.8 Å². The van der Waals surface area contributed by atoms with Gasteiger partial charge in [-0.2, -0.15) is 0 Å². The average molecular weight is 143 g/mol. The highest BCUT2D eigenvalue weighted by Gasteiger charge is 2.30. The van der Waals surface area contributed by atoms with E-state index in [4.69, 9.17) is 0 Å². The molecular formula is C8H17NO. The Hall–Kier alpha value is -0.0800. The largest absolute Gasteiger partial charge is 0.634 e. The first kappa shape index (κ1) is 8.02. The van der Waals surface area contributed by atoms with Crippen LogP contribution in [0.15, 0.2) is 0 Å². The van der Waals surface area contributed by atoms with Crippen molar-refractivity contribution in [2.24, 2.45) is 0 Å². The maximum absolute atomic E-state index is 11.1. The minimum absolute atomic E-state index is 0.0399. The Morgan fingerprint density at radius 3 is 2.00 bits per heavy atom. The Balaban J connectivity index is 2.48. The number of hydrogen-bond acceptors (Lipinski definition) is 1. The molecule has 0 radical (unpaired) electrons. The Morgan fingerprint density at radius 2 is 1.70 bits per heavy atom. The molecule has 1 fully saturated rings. The molecule has 0 amide bonds. The molecular weight excluding hydrogens is 126 g/mol. The minimum Gasteiger partial charge on any atom is -0.634 e. The van der Waals surface area contributed by atoms with Crippen LogP contribution in [0.2, 0.25) is 0 Å². The maximum Gasteiger partial charge on any atom is 0.0943 e. The molecule has 60 valence electrons. The second kappa shape index (κ2) is 2.89. The fraction of sp³-hybridized carbons (Fsp3) is 1.00. The van der Waals surface area contributed by atoms with Gasteiger partial charge in [-0.1, -0.05) is 6.42 Å². The summed E-state index contributed by atoms with van der Waals surface area (Å²) >= 11 is 0. The molecule has 10 heavy (non-hydrogen) atoms. The van der Waals surface area contributed by atoms with E-state index in [1.54, 1.807) is 7.05 Å². The molecule has 2 nitrogen and oxygen atoms in total. The van der Waals surface area contributed by atoms with E-state index in [1.165, 1.54) is 19.3 Å². The van der Waals surface area contributed by atoms with Gasteiger partial charge in [0.05, 0.1) is 12.6 Å². The first-order valence-electron chi connectivity index (χ1n) is 4.16. The lowest BCUT2D eigenvalue weighted by Crippen LogP contribution is -3.13. The molecule has 1 rings (SSSR count). The summed E-state index contributed by atoms with van der Waals surface area (Å²) in [7, 11) is 1.73. The lowest BCUT2D eigenvalue weighted by Gasteiger charge is -2.41. The van der Waals surface area contributed by atoms with Crippen molar-refractivity contribution >= 4 is 0 Å². The first-order chi connectivity index (χ1) is 4.65. The quantitative estimate of drug-likeness (QED) is 0.538. The summed E-state index contributed by atoms with van der Waals surface area (Å²) in [5.41, 5.74) is 0.0399. The maximum atomic E-state index is 11.1. The van der Waals surface area contributed by atoms with E-state index in [-0.39, 0.29) is 5.54 Å². The van der Waals surface area contributed by atoms with E-state index < -0.39 is 0 Å². The fourth-order valence-corrected chi connectivity index (χ4v) is 1.68. The summed E-state index contributed by atoms with van der Waals surface area (Å²) in [6.07, 6.45) is 6.04. The third kappa shape index (κ3) is 1.50. The molecule has 0 spiro atoms. The summed E-state index contributed by atoms with van der Waals surface area (Å²) < 4.78 is 0. The average Bonchev–Trinajstić information content (AvgIpc) is 1.89. The van der Waals surface area contributed by atoms with Crippen molar-refractivity contribution in [1.82, 2.24) is 0 Å². The van der Waals surface area contributed by atoms with Gasteiger partial charge in [0.2, 0.25) is 0 Å². The molecule has 0 bridgehead atoms. The van der Waals surface area contributed by atoms with Crippen LogP contribution >= 0.6 is 0 Å². The molecule has 0 heterocycles. The number of quaternary nitrogens is 1. The van der Waals surface area contributed by atoms with Gasteiger partial charge in [-0.3, -0.25) is 0 Å².